The van der Waals surface area contributed by atoms with E-state index >= 15 is 0 Å². The number of hydrogen-bond donors (Lipinski definition) is 0. The van der Waals surface area contributed by atoms with Crippen LogP contribution in [0.2, 0.25) is 0 Å². The first kappa shape index (κ1) is 26.4. The van der Waals surface area contributed by atoms with Crippen molar-refractivity contribution in [3.63, 3.8) is 0 Å². The molecule has 0 amide bonds. The third-order valence-electron chi connectivity index (χ3n) is 5.72. The van der Waals surface area contributed by atoms with Gasteiger partial charge in [-0.1, -0.05) is 108 Å². The van der Waals surface area contributed by atoms with E-state index in [1.807, 2.05) is 59.7 Å². The highest BCUT2D eigenvalue weighted by Crippen LogP contribution is 2.26. The Balaban J connectivity index is 1.68. The lowest BCUT2D eigenvalue weighted by Gasteiger charge is -2.24. The molecule has 0 spiro atoms. The highest BCUT2D eigenvalue weighted by atomic mass is 35.5. The summed E-state index contributed by atoms with van der Waals surface area (Å²) in [5.41, 5.74) is 2.84. The lowest BCUT2D eigenvalue weighted by atomic mass is 10.1. The molecule has 0 fully saturated rings. The maximum absolute atomic E-state index is 11.1. The third-order valence-corrected chi connectivity index (χ3v) is 5.86. The number of carbonyl (C=O) groups excluding carboxylic acids is 1. The molecule has 3 nitrogen and oxygen atoms in total. The molecule has 176 valence electrons. The van der Waals surface area contributed by atoms with Gasteiger partial charge in [0.2, 0.25) is 5.24 Å². The van der Waals surface area contributed by atoms with Gasteiger partial charge in [0, 0.05) is 6.42 Å². The van der Waals surface area contributed by atoms with Gasteiger partial charge in [0.25, 0.3) is 0 Å². The van der Waals surface area contributed by atoms with Gasteiger partial charge in [0.15, 0.2) is 0 Å². The smallest absolute Gasteiger partial charge is 0.226 e. The highest BCUT2D eigenvalue weighted by Gasteiger charge is 2.10. The molecule has 4 heteroatoms. The van der Waals surface area contributed by atoms with Gasteiger partial charge in [-0.25, -0.2) is 5.06 Å². The number of anilines is 2. The second kappa shape index (κ2) is 16.7. The summed E-state index contributed by atoms with van der Waals surface area (Å²) in [6.45, 7) is 2.96. The van der Waals surface area contributed by atoms with Crippen LogP contribution in [0, 0.1) is 0 Å². The Bertz CT molecular complexity index is 733. The van der Waals surface area contributed by atoms with E-state index in [0.717, 1.165) is 23.4 Å². The number of hydrogen-bond acceptors (Lipinski definition) is 3. The largest absolute Gasteiger partial charge is 0.281 e. The van der Waals surface area contributed by atoms with Crippen LogP contribution in [0.3, 0.4) is 0 Å². The Morgan fingerprint density at radius 1 is 0.719 bits per heavy atom. The van der Waals surface area contributed by atoms with Crippen molar-refractivity contribution >= 4 is 28.2 Å². The van der Waals surface area contributed by atoms with Gasteiger partial charge in [-0.3, -0.25) is 9.63 Å². The standard InChI is InChI=1S/C28H40ClNO2/c1-2-3-4-5-6-7-8-9-10-11-12-16-23-32-30(26-17-14-13-15-18-26)27-21-19-25(20-22-27)24-28(29)31/h13-15,17-22H,2-12,16,23-24H2,1H3. The minimum absolute atomic E-state index is 0.243. The number of unbranched alkanes of at least 4 members (excludes halogenated alkanes) is 11. The molecule has 0 aliphatic heterocycles. The first-order valence-electron chi connectivity index (χ1n) is 12.5. The van der Waals surface area contributed by atoms with Gasteiger partial charge in [-0.15, -0.1) is 0 Å². The zero-order valence-corrected chi connectivity index (χ0v) is 20.5. The Morgan fingerprint density at radius 2 is 1.22 bits per heavy atom. The maximum Gasteiger partial charge on any atom is 0.226 e. The summed E-state index contributed by atoms with van der Waals surface area (Å²) in [4.78, 5) is 17.3. The molecule has 32 heavy (non-hydrogen) atoms. The zero-order chi connectivity index (χ0) is 22.9. The Hall–Kier alpha value is -1.84. The number of halogens is 1. The quantitative estimate of drug-likeness (QED) is 0.127. The Morgan fingerprint density at radius 3 is 1.75 bits per heavy atom. The molecule has 0 heterocycles. The highest BCUT2D eigenvalue weighted by molar-refractivity contribution is 6.63. The Kier molecular flexibility index (Phi) is 13.8. The summed E-state index contributed by atoms with van der Waals surface area (Å²) >= 11 is 5.51. The summed E-state index contributed by atoms with van der Waals surface area (Å²) < 4.78 is 0. The predicted molar refractivity (Wildman–Crippen MR) is 137 cm³/mol. The maximum atomic E-state index is 11.1. The van der Waals surface area contributed by atoms with E-state index in [9.17, 15) is 4.79 Å². The first-order valence-corrected chi connectivity index (χ1v) is 12.8. The molecule has 2 rings (SSSR count). The molecule has 0 saturated heterocycles. The van der Waals surface area contributed by atoms with Crippen LogP contribution in [0.1, 0.15) is 89.5 Å². The van der Waals surface area contributed by atoms with E-state index in [1.54, 1.807) is 0 Å². The second-order valence-electron chi connectivity index (χ2n) is 8.55. The zero-order valence-electron chi connectivity index (χ0n) is 19.7. The van der Waals surface area contributed by atoms with Crippen molar-refractivity contribution in [2.75, 3.05) is 11.7 Å². The van der Waals surface area contributed by atoms with Gasteiger partial charge in [0.05, 0.1) is 18.0 Å². The molecule has 0 bridgehead atoms. The SMILES string of the molecule is CCCCCCCCCCCCCCON(c1ccccc1)c1ccc(CC(=O)Cl)cc1. The summed E-state index contributed by atoms with van der Waals surface area (Å²) in [7, 11) is 0. The van der Waals surface area contributed by atoms with Gasteiger partial charge >= 0.3 is 0 Å². The molecule has 0 radical (unpaired) electrons. The first-order chi connectivity index (χ1) is 15.7. The summed E-state index contributed by atoms with van der Waals surface area (Å²) in [5, 5.41) is 1.53. The number of para-hydroxylation sites is 1. The summed E-state index contributed by atoms with van der Waals surface area (Å²) in [5.74, 6) is 0. The van der Waals surface area contributed by atoms with Crippen LogP contribution < -0.4 is 5.06 Å². The molecular weight excluding hydrogens is 418 g/mol. The van der Waals surface area contributed by atoms with Crippen molar-refractivity contribution in [3.05, 3.63) is 60.2 Å². The molecule has 2 aromatic carbocycles. The Labute approximate surface area is 200 Å². The molecule has 0 aliphatic rings. The van der Waals surface area contributed by atoms with Crippen LogP contribution in [0.25, 0.3) is 0 Å². The molecule has 0 aromatic heterocycles. The van der Waals surface area contributed by atoms with Gasteiger partial charge in [-0.05, 0) is 47.9 Å². The van der Waals surface area contributed by atoms with Crippen molar-refractivity contribution < 1.29 is 9.63 Å². The van der Waals surface area contributed by atoms with E-state index in [2.05, 4.69) is 6.92 Å². The minimum Gasteiger partial charge on any atom is -0.281 e. The van der Waals surface area contributed by atoms with Crippen molar-refractivity contribution in [1.82, 2.24) is 0 Å². The molecule has 0 saturated carbocycles. The molecule has 0 atom stereocenters. The molecule has 0 unspecified atom stereocenters. The normalized spacial score (nSPS) is 10.9. The van der Waals surface area contributed by atoms with E-state index in [1.165, 1.54) is 70.6 Å². The average Bonchev–Trinajstić information content (AvgIpc) is 2.80. The predicted octanol–water partition coefficient (Wildman–Crippen LogP) is 8.77. The third kappa shape index (κ3) is 11.2. The number of benzene rings is 2. The van der Waals surface area contributed by atoms with Gasteiger partial charge < -0.3 is 0 Å². The average molecular weight is 458 g/mol. The fourth-order valence-corrected chi connectivity index (χ4v) is 4.02. The lowest BCUT2D eigenvalue weighted by molar-refractivity contribution is -0.111. The van der Waals surface area contributed by atoms with Crippen LogP contribution in [0.15, 0.2) is 54.6 Å². The van der Waals surface area contributed by atoms with Crippen molar-refractivity contribution in [2.45, 2.75) is 90.4 Å². The fourth-order valence-electron chi connectivity index (χ4n) is 3.87. The van der Waals surface area contributed by atoms with Crippen molar-refractivity contribution in [2.24, 2.45) is 0 Å². The van der Waals surface area contributed by atoms with Crippen molar-refractivity contribution in [3.8, 4) is 0 Å². The molecule has 2 aromatic rings. The number of rotatable bonds is 18. The molecular formula is C28H40ClNO2. The van der Waals surface area contributed by atoms with Crippen LogP contribution >= 0.6 is 11.6 Å². The van der Waals surface area contributed by atoms with E-state index in [4.69, 9.17) is 16.4 Å². The van der Waals surface area contributed by atoms with Crippen LogP contribution in [0.4, 0.5) is 11.4 Å². The lowest BCUT2D eigenvalue weighted by Crippen LogP contribution is -2.18. The van der Waals surface area contributed by atoms with Crippen molar-refractivity contribution in [1.29, 1.82) is 0 Å². The monoisotopic (exact) mass is 457 g/mol. The number of carbonyl (C=O) groups is 1. The van der Waals surface area contributed by atoms with Crippen LogP contribution in [0.5, 0.6) is 0 Å². The van der Waals surface area contributed by atoms with Gasteiger partial charge in [0.1, 0.15) is 0 Å². The van der Waals surface area contributed by atoms with Crippen LogP contribution in [-0.4, -0.2) is 11.8 Å². The van der Waals surface area contributed by atoms with Gasteiger partial charge in [-0.2, -0.15) is 0 Å². The molecule has 0 aliphatic carbocycles. The second-order valence-corrected chi connectivity index (χ2v) is 8.97. The van der Waals surface area contributed by atoms with Crippen LogP contribution in [-0.2, 0) is 16.1 Å². The summed E-state index contributed by atoms with van der Waals surface area (Å²) in [6.07, 6.45) is 16.2. The minimum atomic E-state index is -0.346. The van der Waals surface area contributed by atoms with E-state index in [-0.39, 0.29) is 11.7 Å². The topological polar surface area (TPSA) is 29.5 Å². The fraction of sp³-hybridized carbons (Fsp3) is 0.536. The van der Waals surface area contributed by atoms with E-state index in [0.29, 0.717) is 6.61 Å². The molecule has 0 N–H and O–H groups in total. The summed E-state index contributed by atoms with van der Waals surface area (Å²) in [6, 6.07) is 17.9. The van der Waals surface area contributed by atoms with E-state index < -0.39 is 0 Å². The number of nitrogens with zero attached hydrogens (tertiary/aromatic N) is 1.